The first-order valence-corrected chi connectivity index (χ1v) is 7.60. The zero-order chi connectivity index (χ0) is 17.0. The van der Waals surface area contributed by atoms with E-state index in [0.29, 0.717) is 5.06 Å². The van der Waals surface area contributed by atoms with Gasteiger partial charge in [0.1, 0.15) is 6.04 Å². The highest BCUT2D eigenvalue weighted by Gasteiger charge is 2.50. The molecule has 2 aliphatic rings. The number of rotatable bonds is 3. The zero-order valence-corrected chi connectivity index (χ0v) is 11.9. The van der Waals surface area contributed by atoms with Crippen LogP contribution in [0.15, 0.2) is 4.42 Å². The van der Waals surface area contributed by atoms with Crippen LogP contribution >= 0.6 is 0 Å². The molecule has 0 radical (unpaired) electrons. The van der Waals surface area contributed by atoms with E-state index < -0.39 is 46.5 Å². The lowest BCUT2D eigenvalue weighted by molar-refractivity contribution is -0.157. The molecule has 0 saturated carbocycles. The molecule has 1 N–H and O–H groups in total. The number of hydrogen-bond acceptors (Lipinski definition) is 7. The molecule has 3 heterocycles. The molecule has 2 atom stereocenters. The van der Waals surface area contributed by atoms with Gasteiger partial charge in [-0.15, -0.1) is 14.5 Å². The van der Waals surface area contributed by atoms with E-state index in [0.717, 1.165) is 4.90 Å². The highest BCUT2D eigenvalue weighted by Crippen LogP contribution is 2.39. The first-order chi connectivity index (χ1) is 10.6. The second-order valence-corrected chi connectivity index (χ2v) is 5.96. The molecule has 2 saturated heterocycles. The second-order valence-electron chi connectivity index (χ2n) is 4.95. The Morgan fingerprint density at radius 2 is 2.00 bits per heavy atom. The number of amides is 2. The number of hydroxylamine groups is 2. The van der Waals surface area contributed by atoms with Crippen molar-refractivity contribution >= 4 is 16.4 Å². The maximum absolute atomic E-state index is 12.5. The van der Waals surface area contributed by atoms with E-state index in [-0.39, 0.29) is 19.4 Å². The van der Waals surface area contributed by atoms with E-state index in [1.54, 1.807) is 0 Å². The summed E-state index contributed by atoms with van der Waals surface area (Å²) in [6.07, 6.45) is -4.43. The number of hydrogen-bond donors (Lipinski definition) is 1. The fraction of sp³-hybridized carbons (Fsp3) is 0.667. The summed E-state index contributed by atoms with van der Waals surface area (Å²) in [5.74, 6) is -1.94. The molecule has 128 valence electrons. The van der Waals surface area contributed by atoms with Crippen molar-refractivity contribution in [2.45, 2.75) is 31.1 Å². The number of aromatic nitrogens is 2. The Morgan fingerprint density at radius 1 is 1.30 bits per heavy atom. The molecule has 1 unspecified atom stereocenters. The van der Waals surface area contributed by atoms with E-state index in [1.807, 2.05) is 0 Å². The van der Waals surface area contributed by atoms with Gasteiger partial charge in [0.15, 0.2) is 0 Å². The third kappa shape index (κ3) is 2.96. The number of nitrogens with zero attached hydrogens (tertiary/aromatic N) is 4. The highest BCUT2D eigenvalue weighted by molar-refractivity contribution is 7.80. The van der Waals surface area contributed by atoms with Crippen LogP contribution in [0.4, 0.5) is 18.0 Å². The van der Waals surface area contributed by atoms with E-state index >= 15 is 0 Å². The molecule has 1 aromatic rings. The van der Waals surface area contributed by atoms with Crippen LogP contribution in [0, 0.1) is 0 Å². The largest absolute Gasteiger partial charge is 0.470 e. The molecule has 2 bridgehead atoms. The van der Waals surface area contributed by atoms with Crippen molar-refractivity contribution in [2.75, 3.05) is 6.54 Å². The first kappa shape index (κ1) is 15.9. The summed E-state index contributed by atoms with van der Waals surface area (Å²) < 4.78 is 76.3. The minimum atomic E-state index is -4.90. The quantitative estimate of drug-likeness (QED) is 0.785. The van der Waals surface area contributed by atoms with Gasteiger partial charge in [0, 0.05) is 6.54 Å². The number of urea groups is 1. The molecular weight excluding hydrogens is 349 g/mol. The Labute approximate surface area is 126 Å². The van der Waals surface area contributed by atoms with Crippen LogP contribution in [-0.4, -0.2) is 51.7 Å². The number of carbonyl (C=O) groups excluding carboxylic acids is 1. The van der Waals surface area contributed by atoms with Crippen LogP contribution in [0.5, 0.6) is 0 Å². The monoisotopic (exact) mass is 358 g/mol. The first-order valence-electron chi connectivity index (χ1n) is 6.23. The summed E-state index contributed by atoms with van der Waals surface area (Å²) >= 11 is 0. The van der Waals surface area contributed by atoms with Crippen molar-refractivity contribution in [1.82, 2.24) is 20.2 Å². The van der Waals surface area contributed by atoms with E-state index in [9.17, 15) is 26.4 Å². The van der Waals surface area contributed by atoms with E-state index in [2.05, 4.69) is 18.9 Å². The Kier molecular flexibility index (Phi) is 3.49. The van der Waals surface area contributed by atoms with Crippen molar-refractivity contribution in [2.24, 2.45) is 0 Å². The lowest BCUT2D eigenvalue weighted by atomic mass is 10.0. The molecular formula is C9H9F3N4O6S. The summed E-state index contributed by atoms with van der Waals surface area (Å²) in [6, 6.07) is -2.52. The van der Waals surface area contributed by atoms with Gasteiger partial charge in [-0.3, -0.25) is 4.55 Å². The van der Waals surface area contributed by atoms with Gasteiger partial charge in [0.05, 0.1) is 6.04 Å². The van der Waals surface area contributed by atoms with Gasteiger partial charge in [0.25, 0.3) is 0 Å². The Hall–Kier alpha value is -1.93. The van der Waals surface area contributed by atoms with Crippen molar-refractivity contribution in [3.8, 4) is 0 Å². The number of alkyl halides is 3. The summed E-state index contributed by atoms with van der Waals surface area (Å²) in [5.41, 5.74) is 0. The van der Waals surface area contributed by atoms with Crippen LogP contribution < -0.4 is 0 Å². The van der Waals surface area contributed by atoms with Crippen molar-refractivity contribution in [3.63, 3.8) is 0 Å². The summed E-state index contributed by atoms with van der Waals surface area (Å²) in [4.78, 5) is 13.1. The number of fused-ring (bicyclic) bond motifs is 2. The summed E-state index contributed by atoms with van der Waals surface area (Å²) in [7, 11) is -4.90. The third-order valence-electron chi connectivity index (χ3n) is 3.47. The molecule has 23 heavy (non-hydrogen) atoms. The van der Waals surface area contributed by atoms with Crippen molar-refractivity contribution in [1.29, 1.82) is 0 Å². The average Bonchev–Trinajstić information content (AvgIpc) is 2.99. The minimum Gasteiger partial charge on any atom is -0.415 e. The molecule has 2 fully saturated rings. The lowest BCUT2D eigenvalue weighted by Gasteiger charge is -2.27. The average molecular weight is 358 g/mol. The fourth-order valence-electron chi connectivity index (χ4n) is 2.57. The van der Waals surface area contributed by atoms with Gasteiger partial charge in [-0.1, -0.05) is 0 Å². The van der Waals surface area contributed by atoms with E-state index in [4.69, 9.17) is 4.55 Å². The SMILES string of the molecule is O=C1N2C[C@@H](CCC2c2nnc(C(F)(F)F)o2)N1OS(=O)(=O)O. The van der Waals surface area contributed by atoms with Crippen LogP contribution in [-0.2, 0) is 20.9 Å². The van der Waals surface area contributed by atoms with E-state index in [1.165, 1.54) is 0 Å². The van der Waals surface area contributed by atoms with Crippen LogP contribution in [0.25, 0.3) is 0 Å². The molecule has 0 spiro atoms. The van der Waals surface area contributed by atoms with Crippen molar-refractivity contribution in [3.05, 3.63) is 11.8 Å². The lowest BCUT2D eigenvalue weighted by Crippen LogP contribution is -2.35. The maximum atomic E-state index is 12.5. The molecule has 3 rings (SSSR count). The summed E-state index contributed by atoms with van der Waals surface area (Å²) in [6.45, 7) is -0.0112. The van der Waals surface area contributed by atoms with Crippen molar-refractivity contribution < 1.29 is 39.6 Å². The predicted molar refractivity (Wildman–Crippen MR) is 61.6 cm³/mol. The minimum absolute atomic E-state index is 0.0112. The fourth-order valence-corrected chi connectivity index (χ4v) is 2.96. The molecule has 0 aromatic carbocycles. The predicted octanol–water partition coefficient (Wildman–Crippen LogP) is 0.764. The molecule has 1 aromatic heterocycles. The van der Waals surface area contributed by atoms with Crippen LogP contribution in [0.3, 0.4) is 0 Å². The smallest absolute Gasteiger partial charge is 0.415 e. The normalized spacial score (nSPS) is 25.3. The van der Waals surface area contributed by atoms with Crippen LogP contribution in [0.1, 0.15) is 30.7 Å². The van der Waals surface area contributed by atoms with Gasteiger partial charge in [-0.2, -0.15) is 26.7 Å². The number of carbonyl (C=O) groups is 1. The standard InChI is InChI=1S/C9H9F3N4O6S/c10-9(11,12)7-14-13-6(21-7)5-2-1-4-3-15(5)8(17)16(4)22-23(18,19)20/h4-5H,1-3H2,(H,18,19,20)/t4-,5?/m1/s1. The van der Waals surface area contributed by atoms with Gasteiger partial charge < -0.3 is 9.32 Å². The maximum Gasteiger partial charge on any atom is 0.470 e. The number of piperidine rings is 1. The summed E-state index contributed by atoms with van der Waals surface area (Å²) in [5, 5.41) is 6.66. The van der Waals surface area contributed by atoms with Gasteiger partial charge in [0.2, 0.25) is 5.89 Å². The Bertz CT molecular complexity index is 734. The molecule has 0 aliphatic carbocycles. The third-order valence-corrected chi connectivity index (χ3v) is 3.81. The Balaban J connectivity index is 1.83. The molecule has 14 heteroatoms. The second kappa shape index (κ2) is 5.04. The van der Waals surface area contributed by atoms with Gasteiger partial charge in [-0.05, 0) is 12.8 Å². The topological polar surface area (TPSA) is 126 Å². The molecule has 2 aliphatic heterocycles. The Morgan fingerprint density at radius 3 is 2.57 bits per heavy atom. The van der Waals surface area contributed by atoms with Gasteiger partial charge in [-0.25, -0.2) is 4.79 Å². The number of halogens is 3. The molecule has 2 amide bonds. The molecule has 10 nitrogen and oxygen atoms in total. The highest BCUT2D eigenvalue weighted by atomic mass is 32.3. The van der Waals surface area contributed by atoms with Crippen LogP contribution in [0.2, 0.25) is 0 Å². The van der Waals surface area contributed by atoms with Gasteiger partial charge >= 0.3 is 28.5 Å². The zero-order valence-electron chi connectivity index (χ0n) is 11.1.